The van der Waals surface area contributed by atoms with Crippen molar-refractivity contribution >= 4 is 5.91 Å². The Kier molecular flexibility index (Phi) is 4.69. The van der Waals surface area contributed by atoms with Gasteiger partial charge in [0, 0.05) is 44.0 Å². The summed E-state index contributed by atoms with van der Waals surface area (Å²) < 4.78 is 0. The molecule has 5 nitrogen and oxygen atoms in total. The highest BCUT2D eigenvalue weighted by Gasteiger charge is 2.02. The highest BCUT2D eigenvalue weighted by Crippen LogP contribution is 2.04. The standard InChI is InChI=1S/C14H18N4O/c1-15-14(19)12-4-2-11(3-5-12)8-16-7-6-13-9-17-10-18-13/h2-5,9-10,16H,6-8H2,1H3,(H,15,19)(H,17,18). The van der Waals surface area contributed by atoms with E-state index in [2.05, 4.69) is 20.6 Å². The maximum atomic E-state index is 11.4. The van der Waals surface area contributed by atoms with Crippen LogP contribution in [0.5, 0.6) is 0 Å². The molecule has 1 heterocycles. The summed E-state index contributed by atoms with van der Waals surface area (Å²) in [5, 5.41) is 5.96. The first-order valence-corrected chi connectivity index (χ1v) is 6.28. The smallest absolute Gasteiger partial charge is 0.251 e. The predicted octanol–water partition coefficient (Wildman–Crippen LogP) is 1.10. The van der Waals surface area contributed by atoms with Gasteiger partial charge in [-0.3, -0.25) is 4.79 Å². The number of carbonyl (C=O) groups is 1. The van der Waals surface area contributed by atoms with Crippen molar-refractivity contribution in [2.24, 2.45) is 0 Å². The second-order valence-electron chi connectivity index (χ2n) is 4.28. The number of carbonyl (C=O) groups excluding carboxylic acids is 1. The third kappa shape index (κ3) is 3.93. The fourth-order valence-corrected chi connectivity index (χ4v) is 1.80. The van der Waals surface area contributed by atoms with Crippen molar-refractivity contribution < 1.29 is 4.79 Å². The molecule has 0 saturated carbocycles. The van der Waals surface area contributed by atoms with Gasteiger partial charge < -0.3 is 15.6 Å². The molecule has 19 heavy (non-hydrogen) atoms. The zero-order valence-corrected chi connectivity index (χ0v) is 10.9. The van der Waals surface area contributed by atoms with E-state index < -0.39 is 0 Å². The van der Waals surface area contributed by atoms with Gasteiger partial charge >= 0.3 is 0 Å². The minimum atomic E-state index is -0.0567. The summed E-state index contributed by atoms with van der Waals surface area (Å²) >= 11 is 0. The van der Waals surface area contributed by atoms with Gasteiger partial charge in [-0.1, -0.05) is 12.1 Å². The molecule has 2 rings (SSSR count). The second kappa shape index (κ2) is 6.70. The lowest BCUT2D eigenvalue weighted by Gasteiger charge is -2.05. The van der Waals surface area contributed by atoms with Crippen LogP contribution in [0.15, 0.2) is 36.8 Å². The summed E-state index contributed by atoms with van der Waals surface area (Å²) in [6.07, 6.45) is 4.45. The van der Waals surface area contributed by atoms with Crippen LogP contribution in [-0.4, -0.2) is 29.5 Å². The van der Waals surface area contributed by atoms with E-state index in [9.17, 15) is 4.79 Å². The molecule has 3 N–H and O–H groups in total. The first-order valence-electron chi connectivity index (χ1n) is 6.28. The summed E-state index contributed by atoms with van der Waals surface area (Å²) in [7, 11) is 1.63. The molecular formula is C14H18N4O. The largest absolute Gasteiger partial charge is 0.355 e. The molecule has 0 unspecified atom stereocenters. The topological polar surface area (TPSA) is 69.8 Å². The highest BCUT2D eigenvalue weighted by atomic mass is 16.1. The number of aromatic nitrogens is 2. The summed E-state index contributed by atoms with van der Waals surface area (Å²) in [5.41, 5.74) is 2.98. The van der Waals surface area contributed by atoms with E-state index in [1.54, 1.807) is 13.4 Å². The Morgan fingerprint density at radius 1 is 1.32 bits per heavy atom. The molecule has 0 atom stereocenters. The maximum Gasteiger partial charge on any atom is 0.251 e. The first-order chi connectivity index (χ1) is 9.29. The van der Waals surface area contributed by atoms with E-state index in [-0.39, 0.29) is 5.91 Å². The first kappa shape index (κ1) is 13.3. The Balaban J connectivity index is 1.75. The van der Waals surface area contributed by atoms with E-state index in [1.807, 2.05) is 30.5 Å². The number of hydrogen-bond donors (Lipinski definition) is 3. The number of nitrogens with zero attached hydrogens (tertiary/aromatic N) is 1. The number of amides is 1. The molecule has 0 radical (unpaired) electrons. The molecule has 0 aliphatic heterocycles. The Labute approximate surface area is 112 Å². The van der Waals surface area contributed by atoms with Gasteiger partial charge in [0.2, 0.25) is 0 Å². The number of hydrogen-bond acceptors (Lipinski definition) is 3. The summed E-state index contributed by atoms with van der Waals surface area (Å²) in [6.45, 7) is 1.68. The minimum Gasteiger partial charge on any atom is -0.355 e. The van der Waals surface area contributed by atoms with E-state index in [0.717, 1.165) is 30.8 Å². The third-order valence-electron chi connectivity index (χ3n) is 2.90. The van der Waals surface area contributed by atoms with Crippen molar-refractivity contribution in [2.75, 3.05) is 13.6 Å². The SMILES string of the molecule is CNC(=O)c1ccc(CNCCc2cnc[nH]2)cc1. The summed E-state index contributed by atoms with van der Waals surface area (Å²) in [6, 6.07) is 7.61. The van der Waals surface area contributed by atoms with Crippen molar-refractivity contribution in [2.45, 2.75) is 13.0 Å². The number of imidazole rings is 1. The van der Waals surface area contributed by atoms with E-state index in [1.165, 1.54) is 0 Å². The highest BCUT2D eigenvalue weighted by molar-refractivity contribution is 5.93. The van der Waals surface area contributed by atoms with Crippen LogP contribution in [0.25, 0.3) is 0 Å². The van der Waals surface area contributed by atoms with Crippen molar-refractivity contribution in [3.8, 4) is 0 Å². The number of rotatable bonds is 6. The van der Waals surface area contributed by atoms with Gasteiger partial charge in [-0.05, 0) is 17.7 Å². The molecule has 0 aliphatic rings. The molecular weight excluding hydrogens is 240 g/mol. The fraction of sp³-hybridized carbons (Fsp3) is 0.286. The molecule has 1 aromatic heterocycles. The van der Waals surface area contributed by atoms with Gasteiger partial charge in [-0.15, -0.1) is 0 Å². The van der Waals surface area contributed by atoms with E-state index in [4.69, 9.17) is 0 Å². The minimum absolute atomic E-state index is 0.0567. The van der Waals surface area contributed by atoms with Gasteiger partial charge in [0.25, 0.3) is 5.91 Å². The second-order valence-corrected chi connectivity index (χ2v) is 4.28. The Morgan fingerprint density at radius 3 is 2.74 bits per heavy atom. The summed E-state index contributed by atoms with van der Waals surface area (Å²) in [5.74, 6) is -0.0567. The molecule has 2 aromatic rings. The van der Waals surface area contributed by atoms with Crippen molar-refractivity contribution in [1.29, 1.82) is 0 Å². The number of benzene rings is 1. The quantitative estimate of drug-likeness (QED) is 0.680. The molecule has 100 valence electrons. The van der Waals surface area contributed by atoms with Gasteiger partial charge in [0.1, 0.15) is 0 Å². The number of nitrogens with one attached hydrogen (secondary N) is 3. The van der Waals surface area contributed by atoms with Crippen molar-refractivity contribution in [3.63, 3.8) is 0 Å². The van der Waals surface area contributed by atoms with Crippen LogP contribution in [0.3, 0.4) is 0 Å². The van der Waals surface area contributed by atoms with E-state index >= 15 is 0 Å². The molecule has 0 fully saturated rings. The van der Waals surface area contributed by atoms with Crippen molar-refractivity contribution in [3.05, 3.63) is 53.6 Å². The Hall–Kier alpha value is -2.14. The van der Waals surface area contributed by atoms with Crippen LogP contribution < -0.4 is 10.6 Å². The molecule has 1 amide bonds. The van der Waals surface area contributed by atoms with Crippen LogP contribution in [-0.2, 0) is 13.0 Å². The number of aromatic amines is 1. The molecule has 1 aromatic carbocycles. The van der Waals surface area contributed by atoms with Crippen LogP contribution >= 0.6 is 0 Å². The van der Waals surface area contributed by atoms with Gasteiger partial charge in [-0.2, -0.15) is 0 Å². The zero-order valence-electron chi connectivity index (χ0n) is 10.9. The Bertz CT molecular complexity index is 505. The van der Waals surface area contributed by atoms with Gasteiger partial charge in [0.15, 0.2) is 0 Å². The lowest BCUT2D eigenvalue weighted by molar-refractivity contribution is 0.0963. The normalized spacial score (nSPS) is 10.4. The average Bonchev–Trinajstić information content (AvgIpc) is 2.96. The average molecular weight is 258 g/mol. The Morgan fingerprint density at radius 2 is 2.11 bits per heavy atom. The van der Waals surface area contributed by atoms with Gasteiger partial charge in [-0.25, -0.2) is 4.98 Å². The lowest BCUT2D eigenvalue weighted by Crippen LogP contribution is -2.18. The predicted molar refractivity (Wildman–Crippen MR) is 73.8 cm³/mol. The fourth-order valence-electron chi connectivity index (χ4n) is 1.80. The van der Waals surface area contributed by atoms with Crippen LogP contribution in [0.4, 0.5) is 0 Å². The van der Waals surface area contributed by atoms with Crippen LogP contribution in [0.1, 0.15) is 21.6 Å². The third-order valence-corrected chi connectivity index (χ3v) is 2.90. The summed E-state index contributed by atoms with van der Waals surface area (Å²) in [4.78, 5) is 18.4. The van der Waals surface area contributed by atoms with Crippen LogP contribution in [0.2, 0.25) is 0 Å². The lowest BCUT2D eigenvalue weighted by atomic mass is 10.1. The van der Waals surface area contributed by atoms with E-state index in [0.29, 0.717) is 5.56 Å². The van der Waals surface area contributed by atoms with Gasteiger partial charge in [0.05, 0.1) is 6.33 Å². The maximum absolute atomic E-state index is 11.4. The number of H-pyrrole nitrogens is 1. The molecule has 0 aliphatic carbocycles. The molecule has 0 spiro atoms. The molecule has 5 heteroatoms. The zero-order chi connectivity index (χ0) is 13.5. The molecule has 0 bridgehead atoms. The van der Waals surface area contributed by atoms with Crippen LogP contribution in [0, 0.1) is 0 Å². The molecule has 0 saturated heterocycles. The van der Waals surface area contributed by atoms with Crippen molar-refractivity contribution in [1.82, 2.24) is 20.6 Å². The monoisotopic (exact) mass is 258 g/mol.